The van der Waals surface area contributed by atoms with Crippen molar-refractivity contribution in [3.63, 3.8) is 0 Å². The van der Waals surface area contributed by atoms with Crippen LogP contribution in [0.5, 0.6) is 0 Å². The molecule has 2 aromatic rings. The van der Waals surface area contributed by atoms with Gasteiger partial charge in [0.25, 0.3) is 0 Å². The monoisotopic (exact) mass is 266 g/mol. The van der Waals surface area contributed by atoms with Gasteiger partial charge in [-0.1, -0.05) is 55.3 Å². The summed E-state index contributed by atoms with van der Waals surface area (Å²) in [6, 6.07) is 16.0. The van der Waals surface area contributed by atoms with Gasteiger partial charge in [0.1, 0.15) is 0 Å². The van der Waals surface area contributed by atoms with E-state index in [2.05, 4.69) is 53.1 Å². The molecule has 2 N–H and O–H groups in total. The first-order valence-corrected chi connectivity index (χ1v) is 7.84. The molecule has 1 atom stereocenters. The van der Waals surface area contributed by atoms with Crippen LogP contribution in [0.4, 0.5) is 0 Å². The van der Waals surface area contributed by atoms with E-state index in [4.69, 9.17) is 0 Å². The van der Waals surface area contributed by atoms with E-state index in [0.717, 1.165) is 13.0 Å². The molecule has 0 amide bonds. The molecular weight excluding hydrogens is 244 g/mol. The molecule has 1 saturated carbocycles. The Bertz CT molecular complexity index is 608. The maximum atomic E-state index is 3.87. The summed E-state index contributed by atoms with van der Waals surface area (Å²) in [6.45, 7) is 1.10. The van der Waals surface area contributed by atoms with Crippen molar-refractivity contribution in [3.05, 3.63) is 48.0 Å². The molecule has 0 radical (unpaired) electrons. The largest absolute Gasteiger partial charge is 0.298 e. The van der Waals surface area contributed by atoms with E-state index in [1.807, 2.05) is 0 Å². The zero-order chi connectivity index (χ0) is 13.4. The minimum absolute atomic E-state index is 0.259. The smallest absolute Gasteiger partial charge is 0.0690 e. The highest BCUT2D eigenvalue weighted by atomic mass is 15.3. The Morgan fingerprint density at radius 2 is 1.80 bits per heavy atom. The third kappa shape index (κ3) is 2.13. The van der Waals surface area contributed by atoms with Crippen LogP contribution in [-0.2, 0) is 6.42 Å². The molecule has 1 spiro atoms. The van der Waals surface area contributed by atoms with Gasteiger partial charge in [0.15, 0.2) is 0 Å². The van der Waals surface area contributed by atoms with Crippen molar-refractivity contribution in [3.8, 4) is 0 Å². The summed E-state index contributed by atoms with van der Waals surface area (Å²) in [7, 11) is 0. The lowest BCUT2D eigenvalue weighted by molar-refractivity contribution is 0.331. The number of nitrogens with one attached hydrogen (secondary N) is 2. The predicted molar refractivity (Wildman–Crippen MR) is 83.8 cm³/mol. The van der Waals surface area contributed by atoms with Gasteiger partial charge in [-0.3, -0.25) is 10.6 Å². The first kappa shape index (κ1) is 12.4. The molecule has 1 saturated heterocycles. The highest BCUT2D eigenvalue weighted by Gasteiger charge is 2.39. The van der Waals surface area contributed by atoms with Crippen LogP contribution in [0.15, 0.2) is 42.5 Å². The lowest BCUT2D eigenvalue weighted by Gasteiger charge is -2.25. The molecule has 2 aromatic carbocycles. The van der Waals surface area contributed by atoms with Crippen LogP contribution in [0.25, 0.3) is 10.8 Å². The molecule has 2 aliphatic rings. The Morgan fingerprint density at radius 1 is 1.00 bits per heavy atom. The molecule has 1 aliphatic carbocycles. The van der Waals surface area contributed by atoms with Crippen LogP contribution >= 0.6 is 0 Å². The van der Waals surface area contributed by atoms with Crippen LogP contribution in [0.2, 0.25) is 0 Å². The van der Waals surface area contributed by atoms with Crippen molar-refractivity contribution < 1.29 is 0 Å². The van der Waals surface area contributed by atoms with Crippen LogP contribution in [0.1, 0.15) is 31.2 Å². The van der Waals surface area contributed by atoms with E-state index in [9.17, 15) is 0 Å². The number of fused-ring (bicyclic) bond motifs is 1. The van der Waals surface area contributed by atoms with E-state index >= 15 is 0 Å². The Labute approximate surface area is 120 Å². The van der Waals surface area contributed by atoms with Crippen molar-refractivity contribution in [1.82, 2.24) is 10.6 Å². The molecule has 2 fully saturated rings. The number of rotatable bonds is 2. The maximum Gasteiger partial charge on any atom is 0.0690 e. The molecule has 1 aliphatic heterocycles. The third-order valence-corrected chi connectivity index (χ3v) is 4.97. The second-order valence-corrected chi connectivity index (χ2v) is 6.35. The zero-order valence-corrected chi connectivity index (χ0v) is 11.9. The minimum atomic E-state index is 0.259. The van der Waals surface area contributed by atoms with Crippen LogP contribution in [0.3, 0.4) is 0 Å². The Hall–Kier alpha value is -1.38. The van der Waals surface area contributed by atoms with E-state index in [1.54, 1.807) is 0 Å². The van der Waals surface area contributed by atoms with Crippen molar-refractivity contribution in [2.45, 2.75) is 43.8 Å². The van der Waals surface area contributed by atoms with Gasteiger partial charge in [-0.15, -0.1) is 0 Å². The number of benzene rings is 2. The summed E-state index contributed by atoms with van der Waals surface area (Å²) < 4.78 is 0. The molecule has 0 aromatic heterocycles. The summed E-state index contributed by atoms with van der Waals surface area (Å²) >= 11 is 0. The van der Waals surface area contributed by atoms with Gasteiger partial charge in [0.2, 0.25) is 0 Å². The van der Waals surface area contributed by atoms with Crippen molar-refractivity contribution in [2.75, 3.05) is 6.54 Å². The molecule has 2 nitrogen and oxygen atoms in total. The van der Waals surface area contributed by atoms with E-state index in [0.29, 0.717) is 6.04 Å². The van der Waals surface area contributed by atoms with Gasteiger partial charge in [0.05, 0.1) is 5.66 Å². The van der Waals surface area contributed by atoms with Gasteiger partial charge in [0, 0.05) is 12.6 Å². The highest BCUT2D eigenvalue weighted by molar-refractivity contribution is 5.85. The first-order valence-electron chi connectivity index (χ1n) is 7.84. The normalized spacial score (nSPS) is 24.7. The maximum absolute atomic E-state index is 3.87. The molecule has 104 valence electrons. The molecule has 4 rings (SSSR count). The Balaban J connectivity index is 1.56. The van der Waals surface area contributed by atoms with Crippen LogP contribution in [0, 0.1) is 0 Å². The van der Waals surface area contributed by atoms with E-state index in [1.165, 1.54) is 42.0 Å². The predicted octanol–water partition coefficient (Wildman–Crippen LogP) is 3.21. The number of hydrogen-bond acceptors (Lipinski definition) is 2. The Morgan fingerprint density at radius 3 is 2.70 bits per heavy atom. The highest BCUT2D eigenvalue weighted by Crippen LogP contribution is 2.31. The topological polar surface area (TPSA) is 24.1 Å². The summed E-state index contributed by atoms with van der Waals surface area (Å²) in [4.78, 5) is 0. The fraction of sp³-hybridized carbons (Fsp3) is 0.444. The quantitative estimate of drug-likeness (QED) is 0.872. The standard InChI is InChI=1S/C18H22N2/c1-2-9-17-14(6-1)7-5-8-15(17)12-16-13-19-18(20-16)10-3-4-11-18/h1-2,5-9,16,19-20H,3-4,10-13H2/t16-/m0/s1. The average Bonchev–Trinajstić information content (AvgIpc) is 3.10. The lowest BCUT2D eigenvalue weighted by Crippen LogP contribution is -2.47. The van der Waals surface area contributed by atoms with Crippen molar-refractivity contribution >= 4 is 10.8 Å². The van der Waals surface area contributed by atoms with Crippen LogP contribution in [-0.4, -0.2) is 18.2 Å². The molecule has 20 heavy (non-hydrogen) atoms. The van der Waals surface area contributed by atoms with E-state index in [-0.39, 0.29) is 5.66 Å². The average molecular weight is 266 g/mol. The molecular formula is C18H22N2. The second kappa shape index (κ2) is 4.87. The molecule has 0 unspecified atom stereocenters. The minimum Gasteiger partial charge on any atom is -0.298 e. The van der Waals surface area contributed by atoms with E-state index < -0.39 is 0 Å². The first-order chi connectivity index (χ1) is 9.85. The Kier molecular flexibility index (Phi) is 3.01. The second-order valence-electron chi connectivity index (χ2n) is 6.35. The molecule has 0 bridgehead atoms. The third-order valence-electron chi connectivity index (χ3n) is 4.97. The van der Waals surface area contributed by atoms with Crippen LogP contribution < -0.4 is 10.6 Å². The van der Waals surface area contributed by atoms with Gasteiger partial charge in [-0.05, 0) is 35.6 Å². The van der Waals surface area contributed by atoms with Gasteiger partial charge < -0.3 is 0 Å². The van der Waals surface area contributed by atoms with Gasteiger partial charge >= 0.3 is 0 Å². The molecule has 1 heterocycles. The SMILES string of the molecule is c1ccc2c(C[C@H]3CNC4(CCCC4)N3)cccc2c1. The summed E-state index contributed by atoms with van der Waals surface area (Å²) in [5, 5.41) is 10.4. The zero-order valence-electron chi connectivity index (χ0n) is 11.9. The summed E-state index contributed by atoms with van der Waals surface area (Å²) in [6.07, 6.45) is 6.43. The fourth-order valence-electron chi connectivity index (χ4n) is 3.97. The summed E-state index contributed by atoms with van der Waals surface area (Å²) in [5.41, 5.74) is 1.73. The summed E-state index contributed by atoms with van der Waals surface area (Å²) in [5.74, 6) is 0. The van der Waals surface area contributed by atoms with Gasteiger partial charge in [-0.25, -0.2) is 0 Å². The van der Waals surface area contributed by atoms with Crippen molar-refractivity contribution in [2.24, 2.45) is 0 Å². The lowest BCUT2D eigenvalue weighted by atomic mass is 9.99. The fourth-order valence-corrected chi connectivity index (χ4v) is 3.97. The van der Waals surface area contributed by atoms with Crippen molar-refractivity contribution in [1.29, 1.82) is 0 Å². The van der Waals surface area contributed by atoms with Gasteiger partial charge in [-0.2, -0.15) is 0 Å². The number of hydrogen-bond donors (Lipinski definition) is 2. The molecule has 2 heteroatoms.